The largest absolute Gasteiger partial charge is 0.444 e. The van der Waals surface area contributed by atoms with Gasteiger partial charge in [-0.15, -0.1) is 0 Å². The normalized spacial score (nSPS) is 24.6. The summed E-state index contributed by atoms with van der Waals surface area (Å²) in [5, 5.41) is 12.1. The van der Waals surface area contributed by atoms with Crippen molar-refractivity contribution in [2.24, 2.45) is 0 Å². The molecule has 18 heavy (non-hydrogen) atoms. The van der Waals surface area contributed by atoms with Crippen LogP contribution in [-0.4, -0.2) is 53.3 Å². The van der Waals surface area contributed by atoms with Gasteiger partial charge in [0.05, 0.1) is 6.10 Å². The zero-order valence-electron chi connectivity index (χ0n) is 11.4. The predicted octanol–water partition coefficient (Wildman–Crippen LogP) is 0.493. The number of aliphatic hydroxyl groups is 1. The minimum atomic E-state index is -0.659. The Bertz CT molecular complexity index is 325. The second-order valence-electron chi connectivity index (χ2n) is 5.48. The number of piperidine rings is 1. The van der Waals surface area contributed by atoms with Crippen molar-refractivity contribution in [1.82, 2.24) is 10.2 Å². The standard InChI is InChI=1S/C12H22N2O4/c1-12(2,3)18-11(17)14-6-5-8(15)7-9(14)10(16)13-4/h8-9,15H,5-7H2,1-4H3,(H,13,16)/t8?,9-/m0/s1. The van der Waals surface area contributed by atoms with Crippen molar-refractivity contribution in [2.75, 3.05) is 13.6 Å². The van der Waals surface area contributed by atoms with Gasteiger partial charge in [0, 0.05) is 20.0 Å². The molecule has 0 radical (unpaired) electrons. The maximum atomic E-state index is 12.0. The quantitative estimate of drug-likeness (QED) is 0.717. The van der Waals surface area contributed by atoms with E-state index in [1.165, 1.54) is 11.9 Å². The Labute approximate surface area is 107 Å². The first-order chi connectivity index (χ1) is 8.24. The van der Waals surface area contributed by atoms with Gasteiger partial charge in [-0.2, -0.15) is 0 Å². The lowest BCUT2D eigenvalue weighted by molar-refractivity contribution is -0.128. The first-order valence-corrected chi connectivity index (χ1v) is 6.14. The predicted molar refractivity (Wildman–Crippen MR) is 66.0 cm³/mol. The molecule has 1 fully saturated rings. The monoisotopic (exact) mass is 258 g/mol. The Morgan fingerprint density at radius 2 is 2.00 bits per heavy atom. The number of hydrogen-bond donors (Lipinski definition) is 2. The number of carbonyl (C=O) groups excluding carboxylic acids is 2. The zero-order valence-corrected chi connectivity index (χ0v) is 11.4. The zero-order chi connectivity index (χ0) is 13.9. The summed E-state index contributed by atoms with van der Waals surface area (Å²) < 4.78 is 5.26. The van der Waals surface area contributed by atoms with E-state index in [1.54, 1.807) is 20.8 Å². The lowest BCUT2D eigenvalue weighted by Gasteiger charge is -2.37. The van der Waals surface area contributed by atoms with Crippen LogP contribution in [0.25, 0.3) is 0 Å². The van der Waals surface area contributed by atoms with Crippen LogP contribution in [0.2, 0.25) is 0 Å². The van der Waals surface area contributed by atoms with E-state index in [1.807, 2.05) is 0 Å². The second kappa shape index (κ2) is 5.56. The van der Waals surface area contributed by atoms with Crippen molar-refractivity contribution >= 4 is 12.0 Å². The highest BCUT2D eigenvalue weighted by Gasteiger charge is 2.37. The molecule has 1 saturated heterocycles. The molecule has 0 aromatic carbocycles. The van der Waals surface area contributed by atoms with Gasteiger partial charge >= 0.3 is 6.09 Å². The smallest absolute Gasteiger partial charge is 0.410 e. The Kier molecular flexibility index (Phi) is 4.56. The third-order valence-corrected chi connectivity index (χ3v) is 2.75. The maximum absolute atomic E-state index is 12.0. The van der Waals surface area contributed by atoms with Gasteiger partial charge in [-0.25, -0.2) is 4.79 Å². The topological polar surface area (TPSA) is 78.9 Å². The lowest BCUT2D eigenvalue weighted by Crippen LogP contribution is -2.55. The van der Waals surface area contributed by atoms with Crippen LogP contribution in [0.1, 0.15) is 33.6 Å². The Morgan fingerprint density at radius 3 is 2.50 bits per heavy atom. The number of ether oxygens (including phenoxy) is 1. The van der Waals surface area contributed by atoms with E-state index in [-0.39, 0.29) is 12.3 Å². The van der Waals surface area contributed by atoms with Crippen LogP contribution in [0.3, 0.4) is 0 Å². The van der Waals surface area contributed by atoms with Gasteiger partial charge in [0.2, 0.25) is 5.91 Å². The third kappa shape index (κ3) is 3.87. The Morgan fingerprint density at radius 1 is 1.39 bits per heavy atom. The van der Waals surface area contributed by atoms with Crippen LogP contribution >= 0.6 is 0 Å². The first kappa shape index (κ1) is 14.8. The SMILES string of the molecule is CNC(=O)[C@@H]1CC(O)CCN1C(=O)OC(C)(C)C. The molecular weight excluding hydrogens is 236 g/mol. The van der Waals surface area contributed by atoms with Crippen LogP contribution in [0.5, 0.6) is 0 Å². The van der Waals surface area contributed by atoms with Gasteiger partial charge in [0.15, 0.2) is 0 Å². The number of hydrogen-bond acceptors (Lipinski definition) is 4. The fraction of sp³-hybridized carbons (Fsp3) is 0.833. The van der Waals surface area contributed by atoms with E-state index < -0.39 is 23.8 Å². The van der Waals surface area contributed by atoms with E-state index in [2.05, 4.69) is 5.32 Å². The number of nitrogens with one attached hydrogen (secondary N) is 1. The highest BCUT2D eigenvalue weighted by atomic mass is 16.6. The molecule has 6 nitrogen and oxygen atoms in total. The summed E-state index contributed by atoms with van der Waals surface area (Å²) in [7, 11) is 1.51. The number of aliphatic hydroxyl groups excluding tert-OH is 1. The van der Waals surface area contributed by atoms with Crippen LogP contribution < -0.4 is 5.32 Å². The van der Waals surface area contributed by atoms with E-state index in [4.69, 9.17) is 4.74 Å². The number of likely N-dealkylation sites (tertiary alicyclic amines) is 1. The third-order valence-electron chi connectivity index (χ3n) is 2.75. The molecule has 0 bridgehead atoms. The average Bonchev–Trinajstić information content (AvgIpc) is 2.25. The number of amides is 2. The minimum Gasteiger partial charge on any atom is -0.444 e. The lowest BCUT2D eigenvalue weighted by atomic mass is 9.99. The molecule has 2 atom stereocenters. The molecule has 1 aliphatic rings. The Hall–Kier alpha value is -1.30. The van der Waals surface area contributed by atoms with Crippen LogP contribution in [0.4, 0.5) is 4.79 Å². The molecular formula is C12H22N2O4. The van der Waals surface area contributed by atoms with Gasteiger partial charge in [0.25, 0.3) is 0 Å². The molecule has 0 aromatic rings. The summed E-state index contributed by atoms with van der Waals surface area (Å²) in [6, 6.07) is -0.659. The number of rotatable bonds is 1. The molecule has 0 aliphatic carbocycles. The van der Waals surface area contributed by atoms with Gasteiger partial charge in [-0.05, 0) is 27.2 Å². The summed E-state index contributed by atoms with van der Waals surface area (Å²) in [6.07, 6.45) is -0.347. The van der Waals surface area contributed by atoms with Gasteiger partial charge in [-0.1, -0.05) is 0 Å². The van der Waals surface area contributed by atoms with Crippen LogP contribution in [0.15, 0.2) is 0 Å². The van der Waals surface area contributed by atoms with E-state index in [0.29, 0.717) is 13.0 Å². The number of nitrogens with zero attached hydrogens (tertiary/aromatic N) is 1. The first-order valence-electron chi connectivity index (χ1n) is 6.14. The highest BCUT2D eigenvalue weighted by molar-refractivity contribution is 5.85. The van der Waals surface area contributed by atoms with Gasteiger partial charge in [0.1, 0.15) is 11.6 Å². The average molecular weight is 258 g/mol. The molecule has 2 N–H and O–H groups in total. The van der Waals surface area contributed by atoms with Crippen molar-refractivity contribution in [2.45, 2.75) is 51.4 Å². The van der Waals surface area contributed by atoms with Crippen molar-refractivity contribution in [3.63, 3.8) is 0 Å². The molecule has 1 rings (SSSR count). The number of likely N-dealkylation sites (N-methyl/N-ethyl adjacent to an activating group) is 1. The summed E-state index contributed by atoms with van der Waals surface area (Å²) in [5.41, 5.74) is -0.597. The Balaban J connectivity index is 2.77. The molecule has 0 saturated carbocycles. The van der Waals surface area contributed by atoms with Crippen molar-refractivity contribution < 1.29 is 19.4 Å². The minimum absolute atomic E-state index is 0.249. The summed E-state index contributed by atoms with van der Waals surface area (Å²) in [5.74, 6) is -0.278. The fourth-order valence-electron chi connectivity index (χ4n) is 1.90. The highest BCUT2D eigenvalue weighted by Crippen LogP contribution is 2.20. The fourth-order valence-corrected chi connectivity index (χ4v) is 1.90. The molecule has 2 amide bonds. The summed E-state index contributed by atoms with van der Waals surface area (Å²) in [6.45, 7) is 5.66. The molecule has 104 valence electrons. The van der Waals surface area contributed by atoms with E-state index in [9.17, 15) is 14.7 Å². The van der Waals surface area contributed by atoms with Crippen LogP contribution in [-0.2, 0) is 9.53 Å². The summed E-state index contributed by atoms with van der Waals surface area (Å²) >= 11 is 0. The number of carbonyl (C=O) groups is 2. The molecule has 1 heterocycles. The molecule has 6 heteroatoms. The van der Waals surface area contributed by atoms with Crippen molar-refractivity contribution in [1.29, 1.82) is 0 Å². The summed E-state index contributed by atoms with van der Waals surface area (Å²) in [4.78, 5) is 25.1. The van der Waals surface area contributed by atoms with Gasteiger partial charge < -0.3 is 15.2 Å². The van der Waals surface area contributed by atoms with E-state index >= 15 is 0 Å². The van der Waals surface area contributed by atoms with Gasteiger partial charge in [-0.3, -0.25) is 9.69 Å². The van der Waals surface area contributed by atoms with Crippen LogP contribution in [0, 0.1) is 0 Å². The van der Waals surface area contributed by atoms with Crippen molar-refractivity contribution in [3.8, 4) is 0 Å². The molecule has 0 spiro atoms. The second-order valence-corrected chi connectivity index (χ2v) is 5.48. The molecule has 1 unspecified atom stereocenters. The van der Waals surface area contributed by atoms with E-state index in [0.717, 1.165) is 0 Å². The maximum Gasteiger partial charge on any atom is 0.410 e. The van der Waals surface area contributed by atoms with Crippen molar-refractivity contribution in [3.05, 3.63) is 0 Å². The molecule has 1 aliphatic heterocycles. The molecule has 0 aromatic heterocycles.